The van der Waals surface area contributed by atoms with Crippen molar-refractivity contribution < 1.29 is 18.5 Å². The van der Waals surface area contributed by atoms with Gasteiger partial charge in [-0.1, -0.05) is 0 Å². The van der Waals surface area contributed by atoms with E-state index in [1.807, 2.05) is 0 Å². The number of thiophene rings is 1. The molecule has 3 rings (SSSR count). The molecule has 2 heterocycles. The normalized spacial score (nSPS) is 12.1. The Morgan fingerprint density at radius 2 is 1.84 bits per heavy atom. The first-order valence-corrected chi connectivity index (χ1v) is 9.33. The van der Waals surface area contributed by atoms with Crippen LogP contribution in [0.25, 0.3) is 10.2 Å². The zero-order chi connectivity index (χ0) is 18.1. The van der Waals surface area contributed by atoms with E-state index in [0.29, 0.717) is 21.7 Å². The molecule has 3 aromatic rings. The van der Waals surface area contributed by atoms with Crippen LogP contribution in [0, 0.1) is 0 Å². The summed E-state index contributed by atoms with van der Waals surface area (Å²) in [5.41, 5.74) is 11.5. The summed E-state index contributed by atoms with van der Waals surface area (Å²) in [5.74, 6) is 0.582. The number of nitrogens with two attached hydrogens (primary N) is 2. The number of ether oxygens (including phenoxy) is 2. The summed E-state index contributed by atoms with van der Waals surface area (Å²) in [4.78, 5) is 20.4. The number of methoxy groups -OCH3 is 1. The molecule has 8 nitrogen and oxygen atoms in total. The molecule has 25 heavy (non-hydrogen) atoms. The maximum Gasteiger partial charge on any atom is 0.260 e. The van der Waals surface area contributed by atoms with Crippen molar-refractivity contribution in [2.24, 2.45) is 5.73 Å². The van der Waals surface area contributed by atoms with Gasteiger partial charge in [0.1, 0.15) is 21.2 Å². The van der Waals surface area contributed by atoms with E-state index in [2.05, 4.69) is 9.97 Å². The van der Waals surface area contributed by atoms with E-state index in [1.54, 1.807) is 31.4 Å². The molecule has 0 fully saturated rings. The second kappa shape index (κ2) is 6.65. The van der Waals surface area contributed by atoms with Crippen LogP contribution >= 0.6 is 11.3 Å². The SMILES string of the molecule is COc1ccc(Oc2nc(S(C)=O)nc3sc(C(N)=O)c(N)c23)cc1. The number of anilines is 1. The number of nitrogen functional groups attached to an aromatic ring is 1. The lowest BCUT2D eigenvalue weighted by atomic mass is 10.3. The smallest absolute Gasteiger partial charge is 0.260 e. The lowest BCUT2D eigenvalue weighted by Gasteiger charge is -2.08. The number of amides is 1. The number of benzene rings is 1. The van der Waals surface area contributed by atoms with E-state index in [-0.39, 0.29) is 21.6 Å². The lowest BCUT2D eigenvalue weighted by molar-refractivity contribution is 0.100. The van der Waals surface area contributed by atoms with Gasteiger partial charge in [0.25, 0.3) is 5.91 Å². The number of carbonyl (C=O) groups is 1. The zero-order valence-corrected chi connectivity index (χ0v) is 14.9. The monoisotopic (exact) mass is 378 g/mol. The highest BCUT2D eigenvalue weighted by atomic mass is 32.2. The number of hydrogen-bond acceptors (Lipinski definition) is 8. The van der Waals surface area contributed by atoms with Gasteiger partial charge in [0.15, 0.2) is 0 Å². The molecule has 0 bridgehead atoms. The molecule has 1 atom stereocenters. The molecule has 0 aliphatic carbocycles. The van der Waals surface area contributed by atoms with Gasteiger partial charge in [-0.15, -0.1) is 11.3 Å². The average Bonchev–Trinajstić information content (AvgIpc) is 2.93. The molecule has 0 radical (unpaired) electrons. The number of hydrogen-bond donors (Lipinski definition) is 2. The molecule has 130 valence electrons. The molecule has 1 aromatic carbocycles. The van der Waals surface area contributed by atoms with Crippen molar-refractivity contribution in [1.29, 1.82) is 0 Å². The number of primary amides is 1. The third-order valence-corrected chi connectivity index (χ3v) is 5.10. The fraction of sp³-hybridized carbons (Fsp3) is 0.133. The van der Waals surface area contributed by atoms with Crippen LogP contribution in [0.3, 0.4) is 0 Å². The van der Waals surface area contributed by atoms with Crippen molar-refractivity contribution in [3.63, 3.8) is 0 Å². The van der Waals surface area contributed by atoms with Crippen molar-refractivity contribution in [1.82, 2.24) is 9.97 Å². The molecule has 0 saturated heterocycles. The lowest BCUT2D eigenvalue weighted by Crippen LogP contribution is -2.10. The highest BCUT2D eigenvalue weighted by molar-refractivity contribution is 7.84. The molecule has 0 aliphatic rings. The van der Waals surface area contributed by atoms with Gasteiger partial charge in [0.05, 0.1) is 29.0 Å². The Bertz CT molecular complexity index is 985. The first-order chi connectivity index (χ1) is 11.9. The second-order valence-corrected chi connectivity index (χ2v) is 7.20. The van der Waals surface area contributed by atoms with Crippen LogP contribution in [0.2, 0.25) is 0 Å². The van der Waals surface area contributed by atoms with Gasteiger partial charge in [-0.3, -0.25) is 9.00 Å². The minimum Gasteiger partial charge on any atom is -0.497 e. The average molecular weight is 378 g/mol. The Hall–Kier alpha value is -2.72. The highest BCUT2D eigenvalue weighted by Crippen LogP contribution is 2.39. The molecule has 0 aliphatic heterocycles. The van der Waals surface area contributed by atoms with Crippen LogP contribution in [-0.4, -0.2) is 33.4 Å². The first kappa shape index (κ1) is 17.1. The quantitative estimate of drug-likeness (QED) is 0.648. The summed E-state index contributed by atoms with van der Waals surface area (Å²) in [6, 6.07) is 6.82. The van der Waals surface area contributed by atoms with Crippen molar-refractivity contribution in [3.05, 3.63) is 29.1 Å². The highest BCUT2D eigenvalue weighted by Gasteiger charge is 2.22. The standard InChI is InChI=1S/C15H14N4O4S2/c1-22-7-3-5-8(6-4-7)23-13-9-10(16)11(12(17)20)24-14(9)19-15(18-13)25(2)21/h3-6H,16H2,1-2H3,(H2,17,20). The molecule has 0 spiro atoms. The van der Waals surface area contributed by atoms with Gasteiger partial charge in [-0.05, 0) is 24.3 Å². The minimum atomic E-state index is -1.44. The van der Waals surface area contributed by atoms with E-state index in [4.69, 9.17) is 20.9 Å². The summed E-state index contributed by atoms with van der Waals surface area (Å²) in [7, 11) is 0.121. The third kappa shape index (κ3) is 3.26. The van der Waals surface area contributed by atoms with Crippen LogP contribution in [0.1, 0.15) is 9.67 Å². The predicted molar refractivity (Wildman–Crippen MR) is 95.7 cm³/mol. The zero-order valence-electron chi connectivity index (χ0n) is 13.3. The second-order valence-electron chi connectivity index (χ2n) is 4.93. The summed E-state index contributed by atoms with van der Waals surface area (Å²) < 4.78 is 22.7. The Morgan fingerprint density at radius 1 is 1.20 bits per heavy atom. The Morgan fingerprint density at radius 3 is 2.40 bits per heavy atom. The topological polar surface area (TPSA) is 130 Å². The van der Waals surface area contributed by atoms with E-state index >= 15 is 0 Å². The molecule has 1 unspecified atom stereocenters. The fourth-order valence-electron chi connectivity index (χ4n) is 2.11. The summed E-state index contributed by atoms with van der Waals surface area (Å²) in [5, 5.41) is 0.442. The Kier molecular flexibility index (Phi) is 4.55. The number of fused-ring (bicyclic) bond motifs is 1. The van der Waals surface area contributed by atoms with Gasteiger partial charge < -0.3 is 20.9 Å². The van der Waals surface area contributed by atoms with Crippen molar-refractivity contribution >= 4 is 43.9 Å². The maximum atomic E-state index is 11.8. The number of nitrogens with zero attached hydrogens (tertiary/aromatic N) is 2. The number of rotatable bonds is 5. The van der Waals surface area contributed by atoms with Crippen molar-refractivity contribution in [3.8, 4) is 17.4 Å². The largest absolute Gasteiger partial charge is 0.497 e. The molecule has 4 N–H and O–H groups in total. The van der Waals surface area contributed by atoms with Crippen LogP contribution in [0.4, 0.5) is 5.69 Å². The van der Waals surface area contributed by atoms with Crippen LogP contribution in [-0.2, 0) is 10.8 Å². The summed E-state index contributed by atoms with van der Waals surface area (Å²) >= 11 is 1.01. The van der Waals surface area contributed by atoms with Crippen LogP contribution in [0.5, 0.6) is 17.4 Å². The number of carbonyl (C=O) groups excluding carboxylic acids is 1. The summed E-state index contributed by atoms with van der Waals surface area (Å²) in [6.45, 7) is 0. The summed E-state index contributed by atoms with van der Waals surface area (Å²) in [6.07, 6.45) is 1.45. The molecule has 10 heteroatoms. The number of aromatic nitrogens is 2. The van der Waals surface area contributed by atoms with Gasteiger partial charge in [-0.2, -0.15) is 4.98 Å². The van der Waals surface area contributed by atoms with Gasteiger partial charge in [-0.25, -0.2) is 4.98 Å². The molecule has 0 saturated carbocycles. The molecular weight excluding hydrogens is 364 g/mol. The maximum absolute atomic E-state index is 11.8. The van der Waals surface area contributed by atoms with Gasteiger partial charge >= 0.3 is 0 Å². The van der Waals surface area contributed by atoms with Crippen molar-refractivity contribution in [2.75, 3.05) is 19.1 Å². The van der Waals surface area contributed by atoms with Crippen molar-refractivity contribution in [2.45, 2.75) is 5.16 Å². The van der Waals surface area contributed by atoms with E-state index in [0.717, 1.165) is 11.3 Å². The van der Waals surface area contributed by atoms with E-state index in [9.17, 15) is 9.00 Å². The first-order valence-electron chi connectivity index (χ1n) is 6.96. The van der Waals surface area contributed by atoms with Gasteiger partial charge in [0, 0.05) is 6.26 Å². The van der Waals surface area contributed by atoms with E-state index in [1.165, 1.54) is 6.26 Å². The minimum absolute atomic E-state index is 0.0771. The third-order valence-electron chi connectivity index (χ3n) is 3.29. The van der Waals surface area contributed by atoms with E-state index < -0.39 is 16.7 Å². The Balaban J connectivity index is 2.16. The fourth-order valence-corrected chi connectivity index (χ4v) is 3.54. The van der Waals surface area contributed by atoms with Crippen LogP contribution < -0.4 is 20.9 Å². The molecule has 1 amide bonds. The van der Waals surface area contributed by atoms with Crippen LogP contribution in [0.15, 0.2) is 29.4 Å². The molecule has 2 aromatic heterocycles. The van der Waals surface area contributed by atoms with Gasteiger partial charge in [0.2, 0.25) is 11.0 Å². The molecular formula is C15H14N4O4S2. The Labute approximate surface area is 149 Å². The predicted octanol–water partition coefficient (Wildman–Crippen LogP) is 1.91.